The fraction of sp³-hybridized carbons (Fsp3) is 0.632. The molecule has 0 heterocycles. The molecule has 2 atom stereocenters. The second-order valence-corrected chi connectivity index (χ2v) is 18.1. The van der Waals surface area contributed by atoms with E-state index in [2.05, 4.69) is 135 Å². The van der Waals surface area contributed by atoms with Crippen molar-refractivity contribution in [1.82, 2.24) is 0 Å². The van der Waals surface area contributed by atoms with Gasteiger partial charge in [0.15, 0.2) is 0 Å². The van der Waals surface area contributed by atoms with E-state index in [1.54, 1.807) is 0 Å². The Labute approximate surface area is 405 Å². The third kappa shape index (κ3) is 51.9. The van der Waals surface area contributed by atoms with E-state index in [-0.39, 0.29) is 32.3 Å². The Morgan fingerprint density at radius 3 is 1.20 bits per heavy atom. The third-order valence-electron chi connectivity index (χ3n) is 10.4. The average molecular weight is 938 g/mol. The van der Waals surface area contributed by atoms with Crippen molar-refractivity contribution in [3.8, 4) is 0 Å². The van der Waals surface area contributed by atoms with E-state index in [4.69, 9.17) is 24.3 Å². The van der Waals surface area contributed by atoms with Crippen molar-refractivity contribution in [1.29, 1.82) is 0 Å². The highest BCUT2D eigenvalue weighted by molar-refractivity contribution is 7.47. The molecule has 0 aliphatic heterocycles. The molecule has 0 saturated carbocycles. The van der Waals surface area contributed by atoms with Gasteiger partial charge in [-0.05, 0) is 103 Å². The van der Waals surface area contributed by atoms with E-state index in [0.717, 1.165) is 109 Å². The molecule has 66 heavy (non-hydrogen) atoms. The van der Waals surface area contributed by atoms with Gasteiger partial charge in [-0.3, -0.25) is 13.8 Å². The summed E-state index contributed by atoms with van der Waals surface area (Å²) in [5.41, 5.74) is 5.39. The SMILES string of the molecule is CC/C=C\C/C=C\C/C=C\C/C=C\C/C=C\C/C=C\CCCCCCCCC(=O)OC(COCCCCCCCCCCC/C=C\C/C=C\C/C=C\C/C=C\CC)COP(=O)(O)OCCN. The van der Waals surface area contributed by atoms with Crippen LogP contribution >= 0.6 is 7.82 Å². The molecule has 3 N–H and O–H groups in total. The van der Waals surface area contributed by atoms with Crippen LogP contribution in [0.5, 0.6) is 0 Å². The van der Waals surface area contributed by atoms with Crippen LogP contribution in [0.2, 0.25) is 0 Å². The van der Waals surface area contributed by atoms with Gasteiger partial charge in [-0.1, -0.05) is 206 Å². The monoisotopic (exact) mass is 938 g/mol. The summed E-state index contributed by atoms with van der Waals surface area (Å²) < 4.78 is 33.6. The molecule has 0 bridgehead atoms. The Bertz CT molecular complexity index is 1420. The minimum Gasteiger partial charge on any atom is -0.457 e. The van der Waals surface area contributed by atoms with E-state index >= 15 is 0 Å². The fourth-order valence-corrected chi connectivity index (χ4v) is 7.40. The molecule has 0 aromatic heterocycles. The summed E-state index contributed by atoms with van der Waals surface area (Å²) in [4.78, 5) is 22.6. The minimum absolute atomic E-state index is 0.0894. The van der Waals surface area contributed by atoms with E-state index < -0.39 is 13.9 Å². The summed E-state index contributed by atoms with van der Waals surface area (Å²) >= 11 is 0. The lowest BCUT2D eigenvalue weighted by molar-refractivity contribution is -0.154. The third-order valence-corrected chi connectivity index (χ3v) is 11.4. The zero-order chi connectivity index (χ0) is 48.0. The highest BCUT2D eigenvalue weighted by Crippen LogP contribution is 2.43. The molecule has 0 amide bonds. The molecule has 2 unspecified atom stereocenters. The Hall–Kier alpha value is -3.10. The number of unbranched alkanes of at least 4 members (excludes halogenated alkanes) is 15. The number of allylic oxidation sites excluding steroid dienone is 20. The molecule has 0 radical (unpaired) electrons. The molecule has 0 aliphatic carbocycles. The van der Waals surface area contributed by atoms with Crippen LogP contribution in [0.1, 0.15) is 194 Å². The van der Waals surface area contributed by atoms with E-state index in [9.17, 15) is 14.3 Å². The first-order valence-corrected chi connectivity index (χ1v) is 27.5. The summed E-state index contributed by atoms with van der Waals surface area (Å²) in [6, 6.07) is 0. The molecule has 0 spiro atoms. The predicted molar refractivity (Wildman–Crippen MR) is 284 cm³/mol. The summed E-state index contributed by atoms with van der Waals surface area (Å²) in [6.45, 7) is 4.64. The number of carbonyl (C=O) groups is 1. The molecule has 0 aromatic carbocycles. The van der Waals surface area contributed by atoms with Crippen LogP contribution in [0.15, 0.2) is 122 Å². The van der Waals surface area contributed by atoms with Gasteiger partial charge in [-0.2, -0.15) is 0 Å². The van der Waals surface area contributed by atoms with Gasteiger partial charge in [0.1, 0.15) is 6.10 Å². The maximum Gasteiger partial charge on any atom is 0.472 e. The number of esters is 1. The largest absolute Gasteiger partial charge is 0.472 e. The topological polar surface area (TPSA) is 117 Å². The minimum atomic E-state index is -4.30. The van der Waals surface area contributed by atoms with Crippen molar-refractivity contribution in [3.63, 3.8) is 0 Å². The van der Waals surface area contributed by atoms with Crippen molar-refractivity contribution < 1.29 is 32.8 Å². The molecular weight excluding hydrogens is 842 g/mol. The van der Waals surface area contributed by atoms with Gasteiger partial charge in [-0.25, -0.2) is 4.57 Å². The van der Waals surface area contributed by atoms with Gasteiger partial charge in [0.2, 0.25) is 0 Å². The van der Waals surface area contributed by atoms with Crippen LogP contribution in [-0.2, 0) is 27.9 Å². The van der Waals surface area contributed by atoms with Crippen LogP contribution < -0.4 is 5.73 Å². The number of phosphoric acid groups is 1. The highest BCUT2D eigenvalue weighted by atomic mass is 31.2. The Kier molecular flexibility index (Phi) is 50.4. The zero-order valence-electron chi connectivity index (χ0n) is 41.9. The summed E-state index contributed by atoms with van der Waals surface area (Å²) in [5.74, 6) is -0.352. The van der Waals surface area contributed by atoms with Gasteiger partial charge < -0.3 is 20.1 Å². The number of nitrogens with two attached hydrogens (primary N) is 1. The standard InChI is InChI=1S/C57H96NO7P/c1-3-5-7-9-11-13-15-17-19-21-23-25-27-28-29-30-32-34-36-38-40-42-44-46-48-50-57(59)65-56(55-64-66(60,61)63-53-51-58)54-62-52-49-47-45-43-41-39-37-35-33-31-26-24-22-20-18-16-14-12-10-8-6-4-2/h5-8,11-14,17-20,23-26,28-29,32,34,56H,3-4,9-10,15-16,21-22,27,30-31,33,35-55,58H2,1-2H3,(H,60,61)/b7-5-,8-6-,13-11-,14-12-,19-17-,20-18-,25-23-,26-24-,29-28-,34-32-. The average Bonchev–Trinajstić information content (AvgIpc) is 3.31. The maximum atomic E-state index is 12.7. The first kappa shape index (κ1) is 62.9. The number of carbonyl (C=O) groups excluding carboxylic acids is 1. The van der Waals surface area contributed by atoms with Crippen LogP contribution in [0, 0.1) is 0 Å². The Balaban J connectivity index is 4.03. The number of ether oxygens (including phenoxy) is 2. The molecule has 8 nitrogen and oxygen atoms in total. The lowest BCUT2D eigenvalue weighted by Crippen LogP contribution is -2.28. The summed E-state index contributed by atoms with van der Waals surface area (Å²) in [6.07, 6.45) is 73.7. The fourth-order valence-electron chi connectivity index (χ4n) is 6.64. The molecule has 0 rings (SSSR count). The van der Waals surface area contributed by atoms with Gasteiger partial charge in [0.25, 0.3) is 0 Å². The highest BCUT2D eigenvalue weighted by Gasteiger charge is 2.25. The normalized spacial score (nSPS) is 14.3. The molecule has 0 aliphatic rings. The van der Waals surface area contributed by atoms with E-state index in [1.807, 2.05) is 0 Å². The Morgan fingerprint density at radius 2 is 0.803 bits per heavy atom. The predicted octanol–water partition coefficient (Wildman–Crippen LogP) is 16.5. The molecule has 0 aromatic rings. The summed E-state index contributed by atoms with van der Waals surface area (Å²) in [7, 11) is -4.30. The molecule has 0 fully saturated rings. The van der Waals surface area contributed by atoms with Gasteiger partial charge >= 0.3 is 13.8 Å². The number of hydrogen-bond acceptors (Lipinski definition) is 7. The van der Waals surface area contributed by atoms with Gasteiger partial charge in [0, 0.05) is 19.6 Å². The molecular formula is C57H96NO7P. The van der Waals surface area contributed by atoms with Crippen molar-refractivity contribution in [2.45, 2.75) is 200 Å². The quantitative estimate of drug-likeness (QED) is 0.0268. The number of hydrogen-bond donors (Lipinski definition) is 2. The van der Waals surface area contributed by atoms with Crippen molar-refractivity contribution in [3.05, 3.63) is 122 Å². The number of phosphoric ester groups is 1. The maximum absolute atomic E-state index is 12.7. The first-order chi connectivity index (χ1) is 32.4. The second kappa shape index (κ2) is 52.9. The number of rotatable bonds is 48. The second-order valence-electron chi connectivity index (χ2n) is 16.6. The summed E-state index contributed by atoms with van der Waals surface area (Å²) in [5, 5.41) is 0. The van der Waals surface area contributed by atoms with E-state index in [0.29, 0.717) is 13.0 Å². The molecule has 9 heteroatoms. The molecule has 376 valence electrons. The van der Waals surface area contributed by atoms with Crippen LogP contribution in [-0.4, -0.2) is 49.9 Å². The first-order valence-electron chi connectivity index (χ1n) is 26.0. The Morgan fingerprint density at radius 1 is 0.455 bits per heavy atom. The van der Waals surface area contributed by atoms with Gasteiger partial charge in [-0.15, -0.1) is 0 Å². The van der Waals surface area contributed by atoms with Crippen LogP contribution in [0.3, 0.4) is 0 Å². The lowest BCUT2D eigenvalue weighted by Gasteiger charge is -2.20. The van der Waals surface area contributed by atoms with E-state index in [1.165, 1.54) is 64.2 Å². The zero-order valence-corrected chi connectivity index (χ0v) is 42.8. The van der Waals surface area contributed by atoms with Crippen molar-refractivity contribution in [2.24, 2.45) is 5.73 Å². The van der Waals surface area contributed by atoms with Crippen molar-refractivity contribution in [2.75, 3.05) is 33.0 Å². The smallest absolute Gasteiger partial charge is 0.457 e. The van der Waals surface area contributed by atoms with Gasteiger partial charge in [0.05, 0.1) is 19.8 Å². The van der Waals surface area contributed by atoms with Crippen molar-refractivity contribution >= 4 is 13.8 Å². The lowest BCUT2D eigenvalue weighted by atomic mass is 10.1. The van der Waals surface area contributed by atoms with Crippen LogP contribution in [0.25, 0.3) is 0 Å². The molecule has 0 saturated heterocycles. The van der Waals surface area contributed by atoms with Crippen LogP contribution in [0.4, 0.5) is 0 Å².